The Hall–Kier alpha value is -2.35. The van der Waals surface area contributed by atoms with E-state index in [4.69, 9.17) is 4.74 Å². The number of carbonyl (C=O) groups excluding carboxylic acids is 2. The van der Waals surface area contributed by atoms with Crippen molar-refractivity contribution in [2.24, 2.45) is 0 Å². The van der Waals surface area contributed by atoms with Gasteiger partial charge in [-0.05, 0) is 64.5 Å². The fraction of sp³-hybridized carbons (Fsp3) is 0.652. The third kappa shape index (κ3) is 5.11. The van der Waals surface area contributed by atoms with Gasteiger partial charge in [0.05, 0.1) is 11.3 Å². The summed E-state index contributed by atoms with van der Waals surface area (Å²) in [5, 5.41) is 5.72. The standard InChI is InChI=1S/C23H33FN4O3/c1-16(2)25-22(30)28(17-7-8-17)18-9-14-31-23(15-18)10-12-27(13-11-23)21(29)26-20-6-4-3-5-19(20)24/h3-6,16-18H,7-15H2,1-2H3,(H,25,30)(H,26,29). The first kappa shape index (κ1) is 21.9. The largest absolute Gasteiger partial charge is 0.375 e. The van der Waals surface area contributed by atoms with Crippen LogP contribution in [0.2, 0.25) is 0 Å². The smallest absolute Gasteiger partial charge is 0.321 e. The number of nitrogens with one attached hydrogen (secondary N) is 2. The van der Waals surface area contributed by atoms with Crippen molar-refractivity contribution in [3.05, 3.63) is 30.1 Å². The third-order valence-electron chi connectivity index (χ3n) is 6.52. The average Bonchev–Trinajstić information content (AvgIpc) is 3.55. The number of hydrogen-bond donors (Lipinski definition) is 2. The van der Waals surface area contributed by atoms with Crippen LogP contribution in [0.15, 0.2) is 24.3 Å². The van der Waals surface area contributed by atoms with Crippen molar-refractivity contribution in [1.29, 1.82) is 0 Å². The summed E-state index contributed by atoms with van der Waals surface area (Å²) in [4.78, 5) is 29.2. The van der Waals surface area contributed by atoms with E-state index in [0.717, 1.165) is 38.5 Å². The highest BCUT2D eigenvalue weighted by Crippen LogP contribution is 2.40. The zero-order valence-corrected chi connectivity index (χ0v) is 18.4. The van der Waals surface area contributed by atoms with Gasteiger partial charge in [0.2, 0.25) is 0 Å². The van der Waals surface area contributed by atoms with Crippen LogP contribution in [0.4, 0.5) is 19.7 Å². The predicted molar refractivity (Wildman–Crippen MR) is 116 cm³/mol. The molecule has 2 saturated heterocycles. The Bertz CT molecular complexity index is 806. The number of hydrogen-bond acceptors (Lipinski definition) is 3. The van der Waals surface area contributed by atoms with Gasteiger partial charge >= 0.3 is 12.1 Å². The summed E-state index contributed by atoms with van der Waals surface area (Å²) >= 11 is 0. The van der Waals surface area contributed by atoms with Gasteiger partial charge in [-0.2, -0.15) is 0 Å². The van der Waals surface area contributed by atoms with E-state index in [1.165, 1.54) is 6.07 Å². The van der Waals surface area contributed by atoms with E-state index in [9.17, 15) is 14.0 Å². The molecule has 2 N–H and O–H groups in total. The van der Waals surface area contributed by atoms with Crippen LogP contribution in [0.25, 0.3) is 0 Å². The number of anilines is 1. The topological polar surface area (TPSA) is 73.9 Å². The van der Waals surface area contributed by atoms with E-state index in [0.29, 0.717) is 25.7 Å². The first-order valence-electron chi connectivity index (χ1n) is 11.4. The van der Waals surface area contributed by atoms with Gasteiger partial charge < -0.3 is 25.2 Å². The van der Waals surface area contributed by atoms with Gasteiger partial charge in [0.1, 0.15) is 5.82 Å². The molecule has 8 heteroatoms. The van der Waals surface area contributed by atoms with Gasteiger partial charge in [0.15, 0.2) is 0 Å². The summed E-state index contributed by atoms with van der Waals surface area (Å²) in [5.74, 6) is -0.442. The molecule has 7 nitrogen and oxygen atoms in total. The van der Waals surface area contributed by atoms with Gasteiger partial charge in [-0.1, -0.05) is 12.1 Å². The third-order valence-corrected chi connectivity index (χ3v) is 6.52. The highest BCUT2D eigenvalue weighted by molar-refractivity contribution is 5.89. The Labute approximate surface area is 183 Å². The van der Waals surface area contributed by atoms with Crippen molar-refractivity contribution < 1.29 is 18.7 Å². The molecule has 1 unspecified atom stereocenters. The molecular formula is C23H33FN4O3. The molecule has 1 spiro atoms. The molecule has 4 amide bonds. The zero-order chi connectivity index (χ0) is 22.0. The van der Waals surface area contributed by atoms with E-state index in [2.05, 4.69) is 15.5 Å². The lowest BCUT2D eigenvalue weighted by molar-refractivity contribution is -0.125. The van der Waals surface area contributed by atoms with Crippen LogP contribution in [0.5, 0.6) is 0 Å². The lowest BCUT2D eigenvalue weighted by atomic mass is 9.82. The number of urea groups is 2. The second-order valence-corrected chi connectivity index (χ2v) is 9.32. The summed E-state index contributed by atoms with van der Waals surface area (Å²) in [7, 11) is 0. The lowest BCUT2D eigenvalue weighted by Gasteiger charge is -2.48. The Morgan fingerprint density at radius 2 is 1.87 bits per heavy atom. The highest BCUT2D eigenvalue weighted by atomic mass is 19.1. The minimum atomic E-state index is -0.442. The molecule has 0 bridgehead atoms. The fourth-order valence-electron chi connectivity index (χ4n) is 4.77. The Kier molecular flexibility index (Phi) is 6.36. The van der Waals surface area contributed by atoms with Crippen LogP contribution in [0.1, 0.15) is 52.4 Å². The molecule has 0 radical (unpaired) electrons. The van der Waals surface area contributed by atoms with E-state index in [1.807, 2.05) is 13.8 Å². The van der Waals surface area contributed by atoms with E-state index in [1.54, 1.807) is 23.1 Å². The minimum absolute atomic E-state index is 0.0289. The zero-order valence-electron chi connectivity index (χ0n) is 18.4. The van der Waals surface area contributed by atoms with Crippen LogP contribution in [0.3, 0.4) is 0 Å². The first-order valence-corrected chi connectivity index (χ1v) is 11.4. The maximum Gasteiger partial charge on any atom is 0.321 e. The van der Waals surface area contributed by atoms with Crippen molar-refractivity contribution in [3.63, 3.8) is 0 Å². The molecule has 31 heavy (non-hydrogen) atoms. The highest BCUT2D eigenvalue weighted by Gasteiger charge is 2.46. The Morgan fingerprint density at radius 1 is 1.16 bits per heavy atom. The molecule has 3 aliphatic rings. The van der Waals surface area contributed by atoms with Gasteiger partial charge in [-0.15, -0.1) is 0 Å². The predicted octanol–water partition coefficient (Wildman–Crippen LogP) is 3.95. The summed E-state index contributed by atoms with van der Waals surface area (Å²) in [5.41, 5.74) is -0.110. The quantitative estimate of drug-likeness (QED) is 0.757. The summed E-state index contributed by atoms with van der Waals surface area (Å²) in [6, 6.07) is 6.53. The molecule has 0 aromatic heterocycles. The van der Waals surface area contributed by atoms with Crippen molar-refractivity contribution in [2.45, 2.75) is 76.1 Å². The van der Waals surface area contributed by atoms with E-state index < -0.39 is 5.82 Å². The molecule has 2 heterocycles. The molecule has 4 rings (SSSR count). The van der Waals surface area contributed by atoms with Gasteiger partial charge in [0, 0.05) is 37.8 Å². The second-order valence-electron chi connectivity index (χ2n) is 9.32. The number of carbonyl (C=O) groups is 2. The molecule has 1 saturated carbocycles. The average molecular weight is 433 g/mol. The maximum absolute atomic E-state index is 13.8. The van der Waals surface area contributed by atoms with E-state index in [-0.39, 0.29) is 35.4 Å². The van der Waals surface area contributed by atoms with Gasteiger partial charge in [-0.25, -0.2) is 14.0 Å². The van der Waals surface area contributed by atoms with Crippen LogP contribution >= 0.6 is 0 Å². The van der Waals surface area contributed by atoms with E-state index >= 15 is 0 Å². The number of nitrogens with zero attached hydrogens (tertiary/aromatic N) is 2. The number of benzene rings is 1. The van der Waals surface area contributed by atoms with Crippen LogP contribution in [-0.2, 0) is 4.74 Å². The van der Waals surface area contributed by atoms with Crippen LogP contribution in [-0.4, -0.2) is 65.3 Å². The van der Waals surface area contributed by atoms with Crippen LogP contribution < -0.4 is 10.6 Å². The molecule has 170 valence electrons. The lowest BCUT2D eigenvalue weighted by Crippen LogP contribution is -2.57. The SMILES string of the molecule is CC(C)NC(=O)N(C1CC1)C1CCOC2(CCN(C(=O)Nc3ccccc3F)CC2)C1. The molecule has 1 aliphatic carbocycles. The number of piperidine rings is 1. The van der Waals surface area contributed by atoms with Crippen molar-refractivity contribution in [3.8, 4) is 0 Å². The molecule has 1 aromatic rings. The summed E-state index contributed by atoms with van der Waals surface area (Å²) < 4.78 is 20.1. The second kappa shape index (κ2) is 9.02. The van der Waals surface area contributed by atoms with Crippen molar-refractivity contribution >= 4 is 17.7 Å². The molecule has 3 fully saturated rings. The summed E-state index contributed by atoms with van der Waals surface area (Å²) in [6.45, 7) is 5.70. The number of para-hydroxylation sites is 1. The number of ether oxygens (including phenoxy) is 1. The van der Waals surface area contributed by atoms with Crippen molar-refractivity contribution in [2.75, 3.05) is 25.0 Å². The molecule has 1 aromatic carbocycles. The molecular weight excluding hydrogens is 399 g/mol. The Balaban J connectivity index is 1.36. The van der Waals surface area contributed by atoms with Crippen molar-refractivity contribution in [1.82, 2.24) is 15.1 Å². The monoisotopic (exact) mass is 432 g/mol. The summed E-state index contributed by atoms with van der Waals surface area (Å²) in [6.07, 6.45) is 5.23. The number of rotatable bonds is 4. The van der Waals surface area contributed by atoms with Gasteiger partial charge in [0.25, 0.3) is 0 Å². The Morgan fingerprint density at radius 3 is 2.52 bits per heavy atom. The minimum Gasteiger partial charge on any atom is -0.375 e. The fourth-order valence-corrected chi connectivity index (χ4v) is 4.77. The first-order chi connectivity index (χ1) is 14.9. The number of likely N-dealkylation sites (tertiary alicyclic amines) is 1. The normalized spacial score (nSPS) is 23.0. The molecule has 2 aliphatic heterocycles. The maximum atomic E-state index is 13.8. The number of halogens is 1. The number of amides is 4. The van der Waals surface area contributed by atoms with Gasteiger partial charge in [-0.3, -0.25) is 0 Å². The molecule has 1 atom stereocenters. The van der Waals surface area contributed by atoms with Crippen LogP contribution in [0, 0.1) is 5.82 Å².